The average Bonchev–Trinajstić information content (AvgIpc) is 2.25. The number of benzene rings is 1. The molecular formula is C9H12N2O4. The van der Waals surface area contributed by atoms with Crippen LogP contribution >= 0.6 is 0 Å². The highest BCUT2D eigenvalue weighted by atomic mass is 16.6. The molecule has 0 radical (unpaired) electrons. The topological polar surface area (TPSA) is 84.6 Å². The molecule has 15 heavy (non-hydrogen) atoms. The van der Waals surface area contributed by atoms with Crippen LogP contribution in [0.25, 0.3) is 0 Å². The van der Waals surface area contributed by atoms with Gasteiger partial charge >= 0.3 is 5.69 Å². The molecule has 6 heteroatoms. The Kier molecular flexibility index (Phi) is 3.87. The predicted molar refractivity (Wildman–Crippen MR) is 55.2 cm³/mol. The number of rotatable bonds is 5. The lowest BCUT2D eigenvalue weighted by Crippen LogP contribution is -2.05. The predicted octanol–water partition coefficient (Wildman–Crippen LogP) is 1.01. The smallest absolute Gasteiger partial charge is 0.333 e. The highest BCUT2D eigenvalue weighted by molar-refractivity contribution is 5.68. The van der Waals surface area contributed by atoms with E-state index in [2.05, 4.69) is 5.32 Å². The first-order chi connectivity index (χ1) is 7.20. The molecule has 1 rings (SSSR count). The first kappa shape index (κ1) is 11.3. The molecular weight excluding hydrogens is 200 g/mol. The molecule has 0 aliphatic rings. The summed E-state index contributed by atoms with van der Waals surface area (Å²) in [5.74, 6) is 0.154. The van der Waals surface area contributed by atoms with Crippen LogP contribution in [0.5, 0.6) is 5.75 Å². The van der Waals surface area contributed by atoms with Crippen LogP contribution in [0.3, 0.4) is 0 Å². The molecule has 0 spiro atoms. The zero-order valence-corrected chi connectivity index (χ0v) is 8.27. The van der Waals surface area contributed by atoms with E-state index in [-0.39, 0.29) is 24.7 Å². The van der Waals surface area contributed by atoms with Gasteiger partial charge in [-0.25, -0.2) is 0 Å². The number of nitro groups is 1. The van der Waals surface area contributed by atoms with Crippen molar-refractivity contribution in [2.45, 2.75) is 0 Å². The Morgan fingerprint density at radius 1 is 1.60 bits per heavy atom. The lowest BCUT2D eigenvalue weighted by atomic mass is 10.2. The Balaban J connectivity index is 3.07. The van der Waals surface area contributed by atoms with Crippen molar-refractivity contribution in [3.63, 3.8) is 0 Å². The number of hydrogen-bond acceptors (Lipinski definition) is 5. The molecule has 82 valence electrons. The van der Waals surface area contributed by atoms with Gasteiger partial charge in [-0.2, -0.15) is 0 Å². The third kappa shape index (κ3) is 2.57. The molecule has 0 aliphatic heterocycles. The van der Waals surface area contributed by atoms with Gasteiger partial charge < -0.3 is 15.2 Å². The highest BCUT2D eigenvalue weighted by Gasteiger charge is 2.19. The quantitative estimate of drug-likeness (QED) is 0.562. The van der Waals surface area contributed by atoms with Gasteiger partial charge in [0.25, 0.3) is 0 Å². The van der Waals surface area contributed by atoms with Crippen LogP contribution in [-0.2, 0) is 0 Å². The largest absolute Gasteiger partial charge is 0.484 e. The molecule has 0 saturated heterocycles. The number of nitro benzene ring substituents is 1. The van der Waals surface area contributed by atoms with Crippen LogP contribution in [0.15, 0.2) is 18.2 Å². The molecule has 1 aromatic carbocycles. The zero-order chi connectivity index (χ0) is 11.3. The Bertz CT molecular complexity index is 354. The van der Waals surface area contributed by atoms with Crippen LogP contribution in [0, 0.1) is 10.1 Å². The average molecular weight is 212 g/mol. The van der Waals surface area contributed by atoms with Crippen molar-refractivity contribution in [1.82, 2.24) is 0 Å². The van der Waals surface area contributed by atoms with E-state index in [1.54, 1.807) is 19.2 Å². The van der Waals surface area contributed by atoms with Crippen molar-refractivity contribution in [2.75, 3.05) is 25.6 Å². The normalized spacial score (nSPS) is 9.73. The summed E-state index contributed by atoms with van der Waals surface area (Å²) in [5, 5.41) is 22.1. The van der Waals surface area contributed by atoms with Crippen LogP contribution in [-0.4, -0.2) is 30.3 Å². The monoisotopic (exact) mass is 212 g/mol. The van der Waals surface area contributed by atoms with Gasteiger partial charge in [0.05, 0.1) is 11.5 Å². The summed E-state index contributed by atoms with van der Waals surface area (Å²) in [5.41, 5.74) is 0.267. The molecule has 0 fully saturated rings. The maximum atomic E-state index is 10.8. The summed E-state index contributed by atoms with van der Waals surface area (Å²) in [6, 6.07) is 4.73. The van der Waals surface area contributed by atoms with E-state index < -0.39 is 4.92 Å². The van der Waals surface area contributed by atoms with E-state index in [4.69, 9.17) is 9.84 Å². The number of nitrogens with one attached hydrogen (secondary N) is 1. The van der Waals surface area contributed by atoms with Crippen LogP contribution < -0.4 is 10.1 Å². The summed E-state index contributed by atoms with van der Waals surface area (Å²) in [4.78, 5) is 10.3. The van der Waals surface area contributed by atoms with Crippen molar-refractivity contribution in [3.8, 4) is 5.75 Å². The van der Waals surface area contributed by atoms with Crippen molar-refractivity contribution in [2.24, 2.45) is 0 Å². The molecule has 0 heterocycles. The first-order valence-electron chi connectivity index (χ1n) is 4.39. The zero-order valence-electron chi connectivity index (χ0n) is 8.27. The molecule has 0 aliphatic carbocycles. The Hall–Kier alpha value is -1.82. The molecule has 0 bridgehead atoms. The van der Waals surface area contributed by atoms with Gasteiger partial charge in [0, 0.05) is 7.05 Å². The number of anilines is 1. The van der Waals surface area contributed by atoms with E-state index in [1.807, 2.05) is 0 Å². The van der Waals surface area contributed by atoms with Crippen molar-refractivity contribution in [3.05, 3.63) is 28.3 Å². The van der Waals surface area contributed by atoms with Crippen molar-refractivity contribution in [1.29, 1.82) is 0 Å². The minimum Gasteiger partial charge on any atom is -0.484 e. The number of nitrogens with zero attached hydrogens (tertiary/aromatic N) is 1. The number of ether oxygens (including phenoxy) is 1. The highest BCUT2D eigenvalue weighted by Crippen LogP contribution is 2.34. The van der Waals surface area contributed by atoms with Gasteiger partial charge in [-0.3, -0.25) is 10.1 Å². The van der Waals surface area contributed by atoms with Gasteiger partial charge in [0.1, 0.15) is 12.3 Å². The van der Waals surface area contributed by atoms with Gasteiger partial charge in [0.2, 0.25) is 0 Å². The minimum atomic E-state index is -0.515. The fourth-order valence-corrected chi connectivity index (χ4v) is 1.18. The number of hydrogen-bond donors (Lipinski definition) is 2. The second-order valence-electron chi connectivity index (χ2n) is 2.73. The maximum Gasteiger partial charge on any atom is 0.333 e. The van der Waals surface area contributed by atoms with E-state index in [1.165, 1.54) is 6.07 Å². The lowest BCUT2D eigenvalue weighted by Gasteiger charge is -2.07. The van der Waals surface area contributed by atoms with E-state index in [9.17, 15) is 10.1 Å². The Labute approximate surface area is 86.6 Å². The minimum absolute atomic E-state index is 0.0357. The Morgan fingerprint density at radius 3 is 2.87 bits per heavy atom. The standard InChI is InChI=1S/C9H12N2O4/c1-10-7-3-2-4-8(15-6-5-12)9(7)11(13)14/h2-4,10,12H,5-6H2,1H3. The van der Waals surface area contributed by atoms with Crippen LogP contribution in [0.2, 0.25) is 0 Å². The summed E-state index contributed by atoms with van der Waals surface area (Å²) >= 11 is 0. The molecule has 0 unspecified atom stereocenters. The van der Waals surface area contributed by atoms with Crippen LogP contribution in [0.4, 0.5) is 11.4 Å². The van der Waals surface area contributed by atoms with E-state index in [0.29, 0.717) is 5.69 Å². The summed E-state index contributed by atoms with van der Waals surface area (Å²) in [7, 11) is 1.60. The molecule has 0 saturated carbocycles. The molecule has 1 aromatic rings. The SMILES string of the molecule is CNc1cccc(OCCO)c1[N+](=O)[O-]. The summed E-state index contributed by atoms with van der Waals surface area (Å²) in [6.45, 7) is -0.144. The van der Waals surface area contributed by atoms with Gasteiger partial charge in [-0.15, -0.1) is 0 Å². The maximum absolute atomic E-state index is 10.8. The number of para-hydroxylation sites is 1. The summed E-state index contributed by atoms with van der Waals surface area (Å²) < 4.78 is 5.06. The first-order valence-corrected chi connectivity index (χ1v) is 4.39. The molecule has 0 amide bonds. The van der Waals surface area contributed by atoms with Crippen molar-refractivity contribution < 1.29 is 14.8 Å². The lowest BCUT2D eigenvalue weighted by molar-refractivity contribution is -0.385. The molecule has 2 N–H and O–H groups in total. The van der Waals surface area contributed by atoms with E-state index >= 15 is 0 Å². The molecule has 6 nitrogen and oxygen atoms in total. The third-order valence-corrected chi connectivity index (χ3v) is 1.80. The number of aliphatic hydroxyl groups excluding tert-OH is 1. The second-order valence-corrected chi connectivity index (χ2v) is 2.73. The van der Waals surface area contributed by atoms with Gasteiger partial charge in [-0.05, 0) is 12.1 Å². The third-order valence-electron chi connectivity index (χ3n) is 1.80. The molecule has 0 aromatic heterocycles. The fourth-order valence-electron chi connectivity index (χ4n) is 1.18. The van der Waals surface area contributed by atoms with Gasteiger partial charge in [-0.1, -0.05) is 6.07 Å². The number of aliphatic hydroxyl groups is 1. The molecule has 0 atom stereocenters. The fraction of sp³-hybridized carbons (Fsp3) is 0.333. The van der Waals surface area contributed by atoms with Crippen molar-refractivity contribution >= 4 is 11.4 Å². The van der Waals surface area contributed by atoms with Gasteiger partial charge in [0.15, 0.2) is 5.75 Å². The van der Waals surface area contributed by atoms with E-state index in [0.717, 1.165) is 0 Å². The Morgan fingerprint density at radius 2 is 2.33 bits per heavy atom. The second kappa shape index (κ2) is 5.16. The summed E-state index contributed by atoms with van der Waals surface area (Å²) in [6.07, 6.45) is 0. The van der Waals surface area contributed by atoms with Crippen LogP contribution in [0.1, 0.15) is 0 Å².